The lowest BCUT2D eigenvalue weighted by molar-refractivity contribution is -0.123. The summed E-state index contributed by atoms with van der Waals surface area (Å²) in [5.41, 5.74) is 0.557. The zero-order valence-electron chi connectivity index (χ0n) is 15.7. The van der Waals surface area contributed by atoms with Gasteiger partial charge in [0.15, 0.2) is 0 Å². The van der Waals surface area contributed by atoms with E-state index in [2.05, 4.69) is 0 Å². The van der Waals surface area contributed by atoms with Crippen LogP contribution in [-0.2, 0) is 14.3 Å². The molecule has 0 spiro atoms. The number of anilines is 1. The van der Waals surface area contributed by atoms with Gasteiger partial charge in [-0.25, -0.2) is 9.69 Å². The maximum absolute atomic E-state index is 12.9. The van der Waals surface area contributed by atoms with Crippen LogP contribution in [0.25, 0.3) is 0 Å². The van der Waals surface area contributed by atoms with Gasteiger partial charge in [0.05, 0.1) is 31.4 Å². The predicted molar refractivity (Wildman–Crippen MR) is 98.7 cm³/mol. The van der Waals surface area contributed by atoms with Crippen molar-refractivity contribution in [2.75, 3.05) is 44.3 Å². The van der Waals surface area contributed by atoms with Gasteiger partial charge in [0.2, 0.25) is 5.91 Å². The Morgan fingerprint density at radius 1 is 1.04 bits per heavy atom. The van der Waals surface area contributed by atoms with Crippen molar-refractivity contribution in [2.45, 2.75) is 26.3 Å². The lowest BCUT2D eigenvalue weighted by atomic mass is 10.2. The molecule has 1 atom stereocenters. The quantitative estimate of drug-likeness (QED) is 0.726. The minimum Gasteiger partial charge on any atom is -0.494 e. The lowest BCUT2D eigenvalue weighted by Gasteiger charge is -2.36. The number of ether oxygens (including phenoxy) is 2. The third kappa shape index (κ3) is 4.05. The van der Waals surface area contributed by atoms with Crippen molar-refractivity contribution in [3.05, 3.63) is 24.3 Å². The molecule has 0 aliphatic carbocycles. The molecular weight excluding hydrogens is 350 g/mol. The Bertz CT molecular complexity index is 698. The van der Waals surface area contributed by atoms with Crippen LogP contribution in [0.2, 0.25) is 0 Å². The molecule has 0 aromatic heterocycles. The molecule has 3 amide bonds. The molecule has 0 saturated carbocycles. The van der Waals surface area contributed by atoms with Crippen molar-refractivity contribution in [3.8, 4) is 5.75 Å². The summed E-state index contributed by atoms with van der Waals surface area (Å²) in [5, 5.41) is 0. The van der Waals surface area contributed by atoms with Crippen molar-refractivity contribution in [3.63, 3.8) is 0 Å². The number of piperazine rings is 1. The number of nitrogens with zero attached hydrogens (tertiary/aromatic N) is 3. The zero-order valence-corrected chi connectivity index (χ0v) is 15.7. The normalized spacial score (nSPS) is 20.9. The summed E-state index contributed by atoms with van der Waals surface area (Å²) >= 11 is 0. The molecule has 8 heteroatoms. The second-order valence-corrected chi connectivity index (χ2v) is 6.44. The van der Waals surface area contributed by atoms with Crippen LogP contribution in [0.4, 0.5) is 10.5 Å². The number of imide groups is 1. The van der Waals surface area contributed by atoms with Crippen molar-refractivity contribution in [1.29, 1.82) is 0 Å². The number of hydrogen-bond donors (Lipinski definition) is 0. The molecule has 0 unspecified atom stereocenters. The van der Waals surface area contributed by atoms with E-state index in [1.54, 1.807) is 36.1 Å². The van der Waals surface area contributed by atoms with Gasteiger partial charge in [-0.1, -0.05) is 0 Å². The van der Waals surface area contributed by atoms with Crippen LogP contribution in [0.5, 0.6) is 5.75 Å². The van der Waals surface area contributed by atoms with Gasteiger partial charge in [0, 0.05) is 26.2 Å². The molecule has 2 aliphatic rings. The van der Waals surface area contributed by atoms with Crippen LogP contribution in [-0.4, -0.2) is 73.1 Å². The molecule has 0 radical (unpaired) electrons. The summed E-state index contributed by atoms with van der Waals surface area (Å²) in [5.74, 6) is 0.280. The van der Waals surface area contributed by atoms with Gasteiger partial charge in [-0.2, -0.15) is 0 Å². The van der Waals surface area contributed by atoms with E-state index in [4.69, 9.17) is 9.47 Å². The van der Waals surface area contributed by atoms with E-state index >= 15 is 0 Å². The monoisotopic (exact) mass is 375 g/mol. The third-order valence-corrected chi connectivity index (χ3v) is 4.81. The molecule has 146 valence electrons. The van der Waals surface area contributed by atoms with E-state index < -0.39 is 6.04 Å². The van der Waals surface area contributed by atoms with Crippen LogP contribution in [0.3, 0.4) is 0 Å². The Balaban J connectivity index is 1.63. The molecule has 2 saturated heterocycles. The predicted octanol–water partition coefficient (Wildman–Crippen LogP) is 1.49. The zero-order chi connectivity index (χ0) is 19.4. The van der Waals surface area contributed by atoms with Gasteiger partial charge >= 0.3 is 6.09 Å². The second kappa shape index (κ2) is 8.39. The van der Waals surface area contributed by atoms with Crippen molar-refractivity contribution >= 4 is 23.6 Å². The highest BCUT2D eigenvalue weighted by atomic mass is 16.6. The van der Waals surface area contributed by atoms with Crippen LogP contribution in [0, 0.1) is 0 Å². The number of amides is 3. The van der Waals surface area contributed by atoms with E-state index in [9.17, 15) is 14.4 Å². The number of benzene rings is 1. The number of carbonyl (C=O) groups is 3. The highest BCUT2D eigenvalue weighted by Crippen LogP contribution is 2.28. The molecule has 2 fully saturated rings. The molecule has 2 aliphatic heterocycles. The maximum Gasteiger partial charge on any atom is 0.409 e. The van der Waals surface area contributed by atoms with Crippen LogP contribution < -0.4 is 9.64 Å². The molecule has 3 rings (SSSR count). The van der Waals surface area contributed by atoms with Gasteiger partial charge < -0.3 is 14.4 Å². The largest absolute Gasteiger partial charge is 0.494 e. The number of hydrogen-bond acceptors (Lipinski definition) is 6. The molecule has 2 heterocycles. The van der Waals surface area contributed by atoms with Gasteiger partial charge in [0.1, 0.15) is 5.75 Å². The summed E-state index contributed by atoms with van der Waals surface area (Å²) in [6.07, 6.45) is -0.173. The summed E-state index contributed by atoms with van der Waals surface area (Å²) in [4.78, 5) is 42.0. The number of rotatable bonds is 5. The SMILES string of the molecule is CCOC(=O)N1CCN([C@@H]2CC(=O)N(c3ccc(OCC)cc3)C2=O)CC1. The highest BCUT2D eigenvalue weighted by Gasteiger charge is 2.43. The Morgan fingerprint density at radius 3 is 2.30 bits per heavy atom. The molecule has 1 aromatic carbocycles. The molecule has 0 bridgehead atoms. The van der Waals surface area contributed by atoms with Gasteiger partial charge in [-0.3, -0.25) is 14.5 Å². The van der Waals surface area contributed by atoms with Crippen LogP contribution in [0.1, 0.15) is 20.3 Å². The summed E-state index contributed by atoms with van der Waals surface area (Å²) in [6, 6.07) is 6.48. The minimum absolute atomic E-state index is 0.158. The van der Waals surface area contributed by atoms with Gasteiger partial charge in [-0.15, -0.1) is 0 Å². The minimum atomic E-state index is -0.478. The van der Waals surface area contributed by atoms with E-state index in [1.807, 2.05) is 11.8 Å². The van der Waals surface area contributed by atoms with Crippen LogP contribution in [0.15, 0.2) is 24.3 Å². The first-order valence-corrected chi connectivity index (χ1v) is 9.30. The fraction of sp³-hybridized carbons (Fsp3) is 0.526. The van der Waals surface area contributed by atoms with E-state index in [-0.39, 0.29) is 24.3 Å². The first kappa shape index (κ1) is 19.2. The van der Waals surface area contributed by atoms with Crippen molar-refractivity contribution < 1.29 is 23.9 Å². The average molecular weight is 375 g/mol. The molecule has 8 nitrogen and oxygen atoms in total. The first-order valence-electron chi connectivity index (χ1n) is 9.30. The smallest absolute Gasteiger partial charge is 0.409 e. The van der Waals surface area contributed by atoms with E-state index in [1.165, 1.54) is 4.90 Å². The van der Waals surface area contributed by atoms with Crippen LogP contribution >= 0.6 is 0 Å². The summed E-state index contributed by atoms with van der Waals surface area (Å²) in [7, 11) is 0. The lowest BCUT2D eigenvalue weighted by Crippen LogP contribution is -2.54. The summed E-state index contributed by atoms with van der Waals surface area (Å²) in [6.45, 7) is 6.62. The molecular formula is C19H25N3O5. The Labute approximate surface area is 158 Å². The van der Waals surface area contributed by atoms with Gasteiger partial charge in [-0.05, 0) is 38.1 Å². The average Bonchev–Trinajstić information content (AvgIpc) is 2.97. The molecule has 27 heavy (non-hydrogen) atoms. The van der Waals surface area contributed by atoms with E-state index in [0.29, 0.717) is 50.8 Å². The third-order valence-electron chi connectivity index (χ3n) is 4.81. The molecule has 0 N–H and O–H groups in total. The maximum atomic E-state index is 12.9. The topological polar surface area (TPSA) is 79.4 Å². The molecule has 1 aromatic rings. The standard InChI is InChI=1S/C19H25N3O5/c1-3-26-15-7-5-14(6-8-15)22-17(23)13-16(18(22)24)20-9-11-21(12-10-20)19(25)27-4-2/h5-8,16H,3-4,9-13H2,1-2H3/t16-/m1/s1. The van der Waals surface area contributed by atoms with E-state index in [0.717, 1.165) is 0 Å². The Kier molecular flexibility index (Phi) is 5.95. The first-order chi connectivity index (χ1) is 13.0. The van der Waals surface area contributed by atoms with Crippen molar-refractivity contribution in [1.82, 2.24) is 9.80 Å². The number of carbonyl (C=O) groups excluding carboxylic acids is 3. The Morgan fingerprint density at radius 2 is 1.70 bits per heavy atom. The second-order valence-electron chi connectivity index (χ2n) is 6.44. The fourth-order valence-electron chi connectivity index (χ4n) is 3.46. The fourth-order valence-corrected chi connectivity index (χ4v) is 3.46. The van der Waals surface area contributed by atoms with Crippen molar-refractivity contribution in [2.24, 2.45) is 0 Å². The highest BCUT2D eigenvalue weighted by molar-refractivity contribution is 6.22. The Hall–Kier alpha value is -2.61. The summed E-state index contributed by atoms with van der Waals surface area (Å²) < 4.78 is 10.4. The van der Waals surface area contributed by atoms with Gasteiger partial charge in [0.25, 0.3) is 5.91 Å².